The summed E-state index contributed by atoms with van der Waals surface area (Å²) in [5.74, 6) is 0.479. The molecule has 0 atom stereocenters. The quantitative estimate of drug-likeness (QED) is 0.837. The van der Waals surface area contributed by atoms with Crippen LogP contribution in [0.2, 0.25) is 0 Å². The molecule has 1 saturated heterocycles. The van der Waals surface area contributed by atoms with Crippen LogP contribution in [0.25, 0.3) is 10.9 Å². The highest BCUT2D eigenvalue weighted by Gasteiger charge is 2.19. The third-order valence-corrected chi connectivity index (χ3v) is 2.97. The average Bonchev–Trinajstić information content (AvgIpc) is 2.82. The highest BCUT2D eigenvalue weighted by atomic mass is 16.6. The lowest BCUT2D eigenvalue weighted by Crippen LogP contribution is -2.42. The van der Waals surface area contributed by atoms with Gasteiger partial charge in [-0.1, -0.05) is 18.2 Å². The molecule has 0 saturated carbocycles. The van der Waals surface area contributed by atoms with Gasteiger partial charge in [0.15, 0.2) is 0 Å². The van der Waals surface area contributed by atoms with Crippen molar-refractivity contribution in [1.29, 1.82) is 0 Å². The van der Waals surface area contributed by atoms with E-state index in [1.165, 1.54) is 0 Å². The van der Waals surface area contributed by atoms with E-state index in [4.69, 9.17) is 9.47 Å². The fourth-order valence-corrected chi connectivity index (χ4v) is 2.01. The molecule has 1 aromatic carbocycles. The van der Waals surface area contributed by atoms with Gasteiger partial charge in [0.2, 0.25) is 5.88 Å². The second-order valence-electron chi connectivity index (χ2n) is 4.19. The Morgan fingerprint density at radius 1 is 1.28 bits per heavy atom. The summed E-state index contributed by atoms with van der Waals surface area (Å²) in [7, 11) is 0. The Hall–Kier alpha value is -2.01. The van der Waals surface area contributed by atoms with E-state index in [-0.39, 0.29) is 6.09 Å². The smallest absolute Gasteiger partial charge is 0.393 e. The lowest BCUT2D eigenvalue weighted by atomic mass is 10.3. The molecule has 5 heteroatoms. The third-order valence-electron chi connectivity index (χ3n) is 2.97. The summed E-state index contributed by atoms with van der Waals surface area (Å²) in [4.78, 5) is 16.6. The van der Waals surface area contributed by atoms with Gasteiger partial charge in [-0.3, -0.25) is 0 Å². The number of morpholine rings is 1. The van der Waals surface area contributed by atoms with E-state index in [1.807, 2.05) is 30.3 Å². The van der Waals surface area contributed by atoms with Gasteiger partial charge in [0, 0.05) is 30.1 Å². The molecule has 18 heavy (non-hydrogen) atoms. The van der Waals surface area contributed by atoms with E-state index in [9.17, 15) is 4.79 Å². The fraction of sp³-hybridized carbons (Fsp3) is 0.308. The Kier molecular flexibility index (Phi) is 2.90. The number of carbonyl (C=O) groups is 1. The standard InChI is InChI=1S/C13H14N2O3/c16-13(15-5-7-17-8-6-15)18-12-9-10-3-1-2-4-11(10)14-12/h1-4,9,14H,5-8H2. The number of para-hydroxylation sites is 1. The van der Waals surface area contributed by atoms with Crippen molar-refractivity contribution in [2.75, 3.05) is 26.3 Å². The molecule has 1 aliphatic heterocycles. The minimum Gasteiger partial charge on any atom is -0.393 e. The maximum absolute atomic E-state index is 11.9. The summed E-state index contributed by atoms with van der Waals surface area (Å²) in [5, 5.41) is 1.03. The molecule has 0 radical (unpaired) electrons. The lowest BCUT2D eigenvalue weighted by Gasteiger charge is -2.25. The van der Waals surface area contributed by atoms with Gasteiger partial charge in [-0.2, -0.15) is 0 Å². The number of aromatic amines is 1. The predicted octanol–water partition coefficient (Wildman–Crippen LogP) is 2.00. The zero-order valence-corrected chi connectivity index (χ0v) is 9.89. The highest BCUT2D eigenvalue weighted by Crippen LogP contribution is 2.20. The summed E-state index contributed by atoms with van der Waals surface area (Å²) in [6, 6.07) is 9.63. The Balaban J connectivity index is 1.73. The van der Waals surface area contributed by atoms with Crippen molar-refractivity contribution in [3.63, 3.8) is 0 Å². The molecule has 0 spiro atoms. The minimum absolute atomic E-state index is 0.329. The average molecular weight is 246 g/mol. The number of H-pyrrole nitrogens is 1. The normalized spacial score (nSPS) is 15.9. The number of amides is 1. The van der Waals surface area contributed by atoms with E-state index in [0.29, 0.717) is 32.2 Å². The lowest BCUT2D eigenvalue weighted by molar-refractivity contribution is 0.0412. The molecule has 1 aliphatic rings. The summed E-state index contributed by atoms with van der Waals surface area (Å²) >= 11 is 0. The van der Waals surface area contributed by atoms with Crippen LogP contribution < -0.4 is 4.74 Å². The number of rotatable bonds is 1. The second kappa shape index (κ2) is 4.70. The van der Waals surface area contributed by atoms with Gasteiger partial charge in [-0.25, -0.2) is 4.79 Å². The van der Waals surface area contributed by atoms with Gasteiger partial charge in [-0.15, -0.1) is 0 Å². The topological polar surface area (TPSA) is 54.6 Å². The molecule has 1 amide bonds. The zero-order valence-electron chi connectivity index (χ0n) is 9.89. The molecule has 94 valence electrons. The summed E-state index contributed by atoms with van der Waals surface area (Å²) in [5.41, 5.74) is 0.960. The third kappa shape index (κ3) is 2.17. The first-order valence-electron chi connectivity index (χ1n) is 5.95. The predicted molar refractivity (Wildman–Crippen MR) is 66.7 cm³/mol. The first kappa shape index (κ1) is 11.1. The van der Waals surface area contributed by atoms with Crippen LogP contribution in [-0.4, -0.2) is 42.3 Å². The number of hydrogen-bond donors (Lipinski definition) is 1. The van der Waals surface area contributed by atoms with Crippen molar-refractivity contribution in [3.05, 3.63) is 30.3 Å². The van der Waals surface area contributed by atoms with Crippen LogP contribution in [-0.2, 0) is 4.74 Å². The number of hydrogen-bond acceptors (Lipinski definition) is 3. The molecule has 0 bridgehead atoms. The van der Waals surface area contributed by atoms with Gasteiger partial charge < -0.3 is 19.4 Å². The van der Waals surface area contributed by atoms with Crippen LogP contribution in [0, 0.1) is 0 Å². The Labute approximate surface area is 104 Å². The number of fused-ring (bicyclic) bond motifs is 1. The van der Waals surface area contributed by atoms with Gasteiger partial charge >= 0.3 is 6.09 Å². The van der Waals surface area contributed by atoms with E-state index in [2.05, 4.69) is 4.98 Å². The van der Waals surface area contributed by atoms with Crippen LogP contribution in [0.5, 0.6) is 5.88 Å². The van der Waals surface area contributed by atoms with Crippen molar-refractivity contribution in [2.45, 2.75) is 0 Å². The SMILES string of the molecule is O=C(Oc1cc2ccccc2[nH]1)N1CCOCC1. The van der Waals surface area contributed by atoms with Crippen molar-refractivity contribution in [1.82, 2.24) is 9.88 Å². The Morgan fingerprint density at radius 2 is 2.06 bits per heavy atom. The van der Waals surface area contributed by atoms with Gasteiger partial charge in [0.25, 0.3) is 0 Å². The molecule has 2 heterocycles. The maximum Gasteiger partial charge on any atom is 0.416 e. The number of carbonyl (C=O) groups excluding carboxylic acids is 1. The van der Waals surface area contributed by atoms with Crippen LogP contribution in [0.1, 0.15) is 0 Å². The van der Waals surface area contributed by atoms with Crippen molar-refractivity contribution in [3.8, 4) is 5.88 Å². The number of nitrogens with one attached hydrogen (secondary N) is 1. The molecule has 2 aromatic rings. The monoisotopic (exact) mass is 246 g/mol. The highest BCUT2D eigenvalue weighted by molar-refractivity contribution is 5.82. The first-order chi connectivity index (χ1) is 8.83. The van der Waals surface area contributed by atoms with E-state index < -0.39 is 0 Å². The van der Waals surface area contributed by atoms with Crippen LogP contribution in [0.3, 0.4) is 0 Å². The molecular weight excluding hydrogens is 232 g/mol. The molecule has 0 aliphatic carbocycles. The second-order valence-corrected chi connectivity index (χ2v) is 4.19. The van der Waals surface area contributed by atoms with Crippen molar-refractivity contribution in [2.24, 2.45) is 0 Å². The molecule has 0 unspecified atom stereocenters. The van der Waals surface area contributed by atoms with E-state index >= 15 is 0 Å². The minimum atomic E-state index is -0.329. The summed E-state index contributed by atoms with van der Waals surface area (Å²) in [6.45, 7) is 2.31. The largest absolute Gasteiger partial charge is 0.416 e. The van der Waals surface area contributed by atoms with Crippen molar-refractivity contribution < 1.29 is 14.3 Å². The molecule has 3 rings (SSSR count). The summed E-state index contributed by atoms with van der Waals surface area (Å²) < 4.78 is 10.5. The zero-order chi connectivity index (χ0) is 12.4. The van der Waals surface area contributed by atoms with Gasteiger partial charge in [-0.05, 0) is 6.07 Å². The molecular formula is C13H14N2O3. The molecule has 1 aromatic heterocycles. The Bertz CT molecular complexity index is 525. The maximum atomic E-state index is 11.9. The van der Waals surface area contributed by atoms with Crippen LogP contribution in [0.15, 0.2) is 30.3 Å². The molecule has 5 nitrogen and oxygen atoms in total. The fourth-order valence-electron chi connectivity index (χ4n) is 2.01. The molecule has 1 fully saturated rings. The van der Waals surface area contributed by atoms with E-state index in [1.54, 1.807) is 4.90 Å². The van der Waals surface area contributed by atoms with Crippen molar-refractivity contribution >= 4 is 17.0 Å². The van der Waals surface area contributed by atoms with E-state index in [0.717, 1.165) is 10.9 Å². The van der Waals surface area contributed by atoms with Crippen LogP contribution in [0.4, 0.5) is 4.79 Å². The van der Waals surface area contributed by atoms with Gasteiger partial charge in [0.1, 0.15) is 0 Å². The van der Waals surface area contributed by atoms with Crippen LogP contribution >= 0.6 is 0 Å². The number of aromatic nitrogens is 1. The Morgan fingerprint density at radius 3 is 2.83 bits per heavy atom. The summed E-state index contributed by atoms with van der Waals surface area (Å²) in [6.07, 6.45) is -0.329. The van der Waals surface area contributed by atoms with Gasteiger partial charge in [0.05, 0.1) is 13.2 Å². The number of nitrogens with zero attached hydrogens (tertiary/aromatic N) is 1. The molecule has 1 N–H and O–H groups in total. The number of ether oxygens (including phenoxy) is 2. The first-order valence-corrected chi connectivity index (χ1v) is 5.95. The number of benzene rings is 1.